The first kappa shape index (κ1) is 12.6. The highest BCUT2D eigenvalue weighted by atomic mass is 16.5. The van der Waals surface area contributed by atoms with Gasteiger partial charge in [-0.2, -0.15) is 0 Å². The van der Waals surface area contributed by atoms with Crippen molar-refractivity contribution in [2.45, 2.75) is 26.0 Å². The predicted octanol–water partition coefficient (Wildman–Crippen LogP) is 1.75. The van der Waals surface area contributed by atoms with E-state index in [0.717, 1.165) is 17.1 Å². The van der Waals surface area contributed by atoms with Crippen molar-refractivity contribution >= 4 is 0 Å². The lowest BCUT2D eigenvalue weighted by Gasteiger charge is -2.19. The lowest BCUT2D eigenvalue weighted by molar-refractivity contribution is 0.238. The monoisotopic (exact) mass is 246 g/mol. The Balaban J connectivity index is 2.36. The number of para-hydroxylation sites is 1. The van der Waals surface area contributed by atoms with Crippen molar-refractivity contribution in [3.63, 3.8) is 0 Å². The van der Waals surface area contributed by atoms with Gasteiger partial charge in [0.2, 0.25) is 0 Å². The molecule has 1 heterocycles. The lowest BCUT2D eigenvalue weighted by Crippen LogP contribution is -2.30. The summed E-state index contributed by atoms with van der Waals surface area (Å²) in [6.45, 7) is 3.99. The quantitative estimate of drug-likeness (QED) is 0.555. The van der Waals surface area contributed by atoms with E-state index in [0.29, 0.717) is 0 Å². The summed E-state index contributed by atoms with van der Waals surface area (Å²) < 4.78 is 5.79. The first-order valence-electron chi connectivity index (χ1n) is 5.93. The van der Waals surface area contributed by atoms with E-state index in [-0.39, 0.29) is 12.1 Å². The number of imidazole rings is 1. The van der Waals surface area contributed by atoms with E-state index in [1.165, 1.54) is 0 Å². The third kappa shape index (κ3) is 2.69. The molecule has 0 spiro atoms. The number of ether oxygens (including phenoxy) is 1. The molecular formula is C13H18N4O. The Morgan fingerprint density at radius 2 is 2.11 bits per heavy atom. The number of H-pyrrole nitrogens is 1. The Morgan fingerprint density at radius 3 is 2.72 bits per heavy atom. The highest BCUT2D eigenvalue weighted by Gasteiger charge is 2.19. The van der Waals surface area contributed by atoms with Gasteiger partial charge >= 0.3 is 0 Å². The molecule has 0 fully saturated rings. The molecule has 1 atom stereocenters. The van der Waals surface area contributed by atoms with Crippen LogP contribution in [0, 0.1) is 0 Å². The van der Waals surface area contributed by atoms with Crippen molar-refractivity contribution in [2.75, 3.05) is 0 Å². The van der Waals surface area contributed by atoms with E-state index in [9.17, 15) is 0 Å². The van der Waals surface area contributed by atoms with Gasteiger partial charge in [-0.15, -0.1) is 0 Å². The number of hydrogen-bond donors (Lipinski definition) is 3. The van der Waals surface area contributed by atoms with Crippen LogP contribution in [0.1, 0.15) is 31.3 Å². The van der Waals surface area contributed by atoms with Gasteiger partial charge in [0.1, 0.15) is 17.6 Å². The molecule has 0 radical (unpaired) electrons. The topological polar surface area (TPSA) is 76.0 Å². The van der Waals surface area contributed by atoms with Gasteiger partial charge in [-0.25, -0.2) is 10.4 Å². The molecule has 0 saturated carbocycles. The van der Waals surface area contributed by atoms with E-state index >= 15 is 0 Å². The molecular weight excluding hydrogens is 228 g/mol. The third-order valence-electron chi connectivity index (χ3n) is 2.55. The molecule has 0 amide bonds. The second-order valence-corrected chi connectivity index (χ2v) is 4.28. The molecule has 0 bridgehead atoms. The SMILES string of the molecule is CC(C)Oc1ccccc1C(NN)c1ncc[nH]1. The van der Waals surface area contributed by atoms with Crippen molar-refractivity contribution in [1.82, 2.24) is 15.4 Å². The molecule has 2 aromatic rings. The Hall–Kier alpha value is -1.85. The van der Waals surface area contributed by atoms with Crippen LogP contribution >= 0.6 is 0 Å². The van der Waals surface area contributed by atoms with E-state index < -0.39 is 0 Å². The average molecular weight is 246 g/mol. The summed E-state index contributed by atoms with van der Waals surface area (Å²) in [5.41, 5.74) is 3.72. The molecule has 0 aliphatic rings. The summed E-state index contributed by atoms with van der Waals surface area (Å²) in [5.74, 6) is 7.20. The van der Waals surface area contributed by atoms with Crippen molar-refractivity contribution < 1.29 is 4.74 Å². The summed E-state index contributed by atoms with van der Waals surface area (Å²) in [5, 5.41) is 0. The summed E-state index contributed by atoms with van der Waals surface area (Å²) in [6.07, 6.45) is 3.58. The number of nitrogens with zero attached hydrogens (tertiary/aromatic N) is 1. The van der Waals surface area contributed by atoms with Crippen LogP contribution in [0.25, 0.3) is 0 Å². The van der Waals surface area contributed by atoms with Crippen LogP contribution in [0.2, 0.25) is 0 Å². The number of aromatic nitrogens is 2. The van der Waals surface area contributed by atoms with Crippen molar-refractivity contribution in [3.05, 3.63) is 48.0 Å². The Kier molecular flexibility index (Phi) is 3.96. The standard InChI is InChI=1S/C13H18N4O/c1-9(2)18-11-6-4-3-5-10(11)12(17-14)13-15-7-8-16-13/h3-9,12,17H,14H2,1-2H3,(H,15,16). The van der Waals surface area contributed by atoms with E-state index in [1.54, 1.807) is 12.4 Å². The number of benzene rings is 1. The minimum absolute atomic E-state index is 0.112. The number of hydrazine groups is 1. The predicted molar refractivity (Wildman–Crippen MR) is 70.0 cm³/mol. The molecule has 96 valence electrons. The fraction of sp³-hybridized carbons (Fsp3) is 0.308. The van der Waals surface area contributed by atoms with Crippen LogP contribution in [0.5, 0.6) is 5.75 Å². The van der Waals surface area contributed by atoms with Gasteiger partial charge in [0.25, 0.3) is 0 Å². The van der Waals surface area contributed by atoms with Gasteiger partial charge in [0, 0.05) is 18.0 Å². The molecule has 1 aromatic heterocycles. The summed E-state index contributed by atoms with van der Waals surface area (Å²) >= 11 is 0. The second kappa shape index (κ2) is 5.66. The fourth-order valence-corrected chi connectivity index (χ4v) is 1.83. The number of rotatable bonds is 5. The van der Waals surface area contributed by atoms with Crippen molar-refractivity contribution in [3.8, 4) is 5.75 Å². The minimum atomic E-state index is -0.213. The van der Waals surface area contributed by atoms with Gasteiger partial charge < -0.3 is 9.72 Å². The fourth-order valence-electron chi connectivity index (χ4n) is 1.83. The summed E-state index contributed by atoms with van der Waals surface area (Å²) in [7, 11) is 0. The molecule has 1 aromatic carbocycles. The maximum Gasteiger partial charge on any atom is 0.129 e. The molecule has 1 unspecified atom stereocenters. The van der Waals surface area contributed by atoms with Gasteiger partial charge in [-0.05, 0) is 19.9 Å². The Morgan fingerprint density at radius 1 is 1.33 bits per heavy atom. The van der Waals surface area contributed by atoms with Crippen LogP contribution in [-0.2, 0) is 0 Å². The molecule has 18 heavy (non-hydrogen) atoms. The Bertz CT molecular complexity index is 481. The van der Waals surface area contributed by atoms with Crippen LogP contribution in [0.4, 0.5) is 0 Å². The van der Waals surface area contributed by atoms with Crippen molar-refractivity contribution in [1.29, 1.82) is 0 Å². The van der Waals surface area contributed by atoms with Crippen LogP contribution in [0.3, 0.4) is 0 Å². The van der Waals surface area contributed by atoms with E-state index in [4.69, 9.17) is 10.6 Å². The maximum atomic E-state index is 5.79. The van der Waals surface area contributed by atoms with Crippen LogP contribution in [-0.4, -0.2) is 16.1 Å². The summed E-state index contributed by atoms with van der Waals surface area (Å²) in [6, 6.07) is 7.59. The molecule has 0 saturated heterocycles. The van der Waals surface area contributed by atoms with E-state index in [1.807, 2.05) is 38.1 Å². The number of aromatic amines is 1. The zero-order valence-corrected chi connectivity index (χ0v) is 10.6. The largest absolute Gasteiger partial charge is 0.491 e. The summed E-state index contributed by atoms with van der Waals surface area (Å²) in [4.78, 5) is 7.29. The van der Waals surface area contributed by atoms with Gasteiger partial charge in [0.05, 0.1) is 6.10 Å². The zero-order chi connectivity index (χ0) is 13.0. The highest BCUT2D eigenvalue weighted by molar-refractivity contribution is 5.38. The van der Waals surface area contributed by atoms with Crippen LogP contribution in [0.15, 0.2) is 36.7 Å². The van der Waals surface area contributed by atoms with Gasteiger partial charge in [0.15, 0.2) is 0 Å². The maximum absolute atomic E-state index is 5.79. The Labute approximate surface area is 106 Å². The van der Waals surface area contributed by atoms with Crippen LogP contribution < -0.4 is 16.0 Å². The molecule has 4 N–H and O–H groups in total. The average Bonchev–Trinajstić information content (AvgIpc) is 2.85. The van der Waals surface area contributed by atoms with Gasteiger partial charge in [-0.1, -0.05) is 18.2 Å². The first-order chi connectivity index (χ1) is 8.72. The number of hydrogen-bond acceptors (Lipinski definition) is 4. The molecule has 2 rings (SSSR count). The minimum Gasteiger partial charge on any atom is -0.491 e. The molecule has 0 aliphatic heterocycles. The second-order valence-electron chi connectivity index (χ2n) is 4.28. The first-order valence-corrected chi connectivity index (χ1v) is 5.93. The lowest BCUT2D eigenvalue weighted by atomic mass is 10.1. The van der Waals surface area contributed by atoms with E-state index in [2.05, 4.69) is 15.4 Å². The smallest absolute Gasteiger partial charge is 0.129 e. The molecule has 0 aliphatic carbocycles. The molecule has 5 heteroatoms. The normalized spacial score (nSPS) is 12.7. The zero-order valence-electron chi connectivity index (χ0n) is 10.6. The third-order valence-corrected chi connectivity index (χ3v) is 2.55. The number of nitrogens with two attached hydrogens (primary N) is 1. The molecule has 5 nitrogen and oxygen atoms in total. The highest BCUT2D eigenvalue weighted by Crippen LogP contribution is 2.28. The number of nitrogens with one attached hydrogen (secondary N) is 2. The van der Waals surface area contributed by atoms with Gasteiger partial charge in [-0.3, -0.25) is 5.84 Å². The van der Waals surface area contributed by atoms with Crippen molar-refractivity contribution in [2.24, 2.45) is 5.84 Å².